The van der Waals surface area contributed by atoms with Gasteiger partial charge in [-0.1, -0.05) is 18.2 Å². The van der Waals surface area contributed by atoms with Crippen molar-refractivity contribution in [2.24, 2.45) is 10.8 Å². The molecule has 3 N–H and O–H groups in total. The molecule has 0 heterocycles. The van der Waals surface area contributed by atoms with Crippen molar-refractivity contribution in [2.45, 2.75) is 13.0 Å². The molecule has 0 aromatic heterocycles. The molecular formula is C12H18N4O. The molecule has 92 valence electrons. The molecular weight excluding hydrogens is 216 g/mol. The van der Waals surface area contributed by atoms with E-state index in [0.717, 1.165) is 5.56 Å². The minimum absolute atomic E-state index is 0.326. The number of primary amides is 1. The fraction of sp³-hybridized carbons (Fsp3) is 0.333. The number of nitrogens with zero attached hydrogens (tertiary/aromatic N) is 2. The Bertz CT molecular complexity index is 415. The second-order valence-corrected chi connectivity index (χ2v) is 4.04. The van der Waals surface area contributed by atoms with Gasteiger partial charge in [0.2, 0.25) is 0 Å². The van der Waals surface area contributed by atoms with E-state index in [-0.39, 0.29) is 0 Å². The highest BCUT2D eigenvalue weighted by atomic mass is 16.2. The number of hydrogen-bond donors (Lipinski definition) is 2. The van der Waals surface area contributed by atoms with Crippen LogP contribution >= 0.6 is 0 Å². The second-order valence-electron chi connectivity index (χ2n) is 4.04. The van der Waals surface area contributed by atoms with Crippen molar-refractivity contribution in [1.29, 1.82) is 0 Å². The molecule has 0 aliphatic carbocycles. The van der Waals surface area contributed by atoms with E-state index in [9.17, 15) is 4.79 Å². The van der Waals surface area contributed by atoms with Gasteiger partial charge in [-0.3, -0.25) is 0 Å². The number of carbonyl (C=O) groups is 1. The first-order chi connectivity index (χ1) is 8.00. The van der Waals surface area contributed by atoms with Gasteiger partial charge in [-0.15, -0.1) is 0 Å². The average molecular weight is 234 g/mol. The van der Waals surface area contributed by atoms with Gasteiger partial charge in [-0.25, -0.2) is 10.2 Å². The first kappa shape index (κ1) is 13.2. The zero-order chi connectivity index (χ0) is 12.8. The lowest BCUT2D eigenvalue weighted by molar-refractivity contribution is 0.249. The maximum absolute atomic E-state index is 10.4. The zero-order valence-corrected chi connectivity index (χ0v) is 10.3. The van der Waals surface area contributed by atoms with Crippen LogP contribution in [0.25, 0.3) is 0 Å². The molecule has 2 amide bonds. The summed E-state index contributed by atoms with van der Waals surface area (Å²) in [5.74, 6) is 0. The van der Waals surface area contributed by atoms with Crippen LogP contribution in [0.4, 0.5) is 4.79 Å². The van der Waals surface area contributed by atoms with Crippen LogP contribution in [0, 0.1) is 0 Å². The molecule has 1 unspecified atom stereocenters. The van der Waals surface area contributed by atoms with E-state index in [0.29, 0.717) is 6.04 Å². The molecule has 1 atom stereocenters. The lowest BCUT2D eigenvalue weighted by Crippen LogP contribution is -2.24. The first-order valence-electron chi connectivity index (χ1n) is 5.35. The van der Waals surface area contributed by atoms with Crippen molar-refractivity contribution in [1.82, 2.24) is 10.3 Å². The smallest absolute Gasteiger partial charge is 0.332 e. The number of carbonyl (C=O) groups excluding carboxylic acids is 1. The highest BCUT2D eigenvalue weighted by molar-refractivity contribution is 5.81. The third-order valence-corrected chi connectivity index (χ3v) is 2.56. The largest absolute Gasteiger partial charge is 0.350 e. The highest BCUT2D eigenvalue weighted by Gasteiger charge is 2.07. The van der Waals surface area contributed by atoms with Gasteiger partial charge in [0.1, 0.15) is 0 Å². The number of urea groups is 1. The van der Waals surface area contributed by atoms with Crippen LogP contribution in [-0.2, 0) is 0 Å². The summed E-state index contributed by atoms with van der Waals surface area (Å²) >= 11 is 0. The van der Waals surface area contributed by atoms with Gasteiger partial charge in [0.25, 0.3) is 0 Å². The van der Waals surface area contributed by atoms with E-state index < -0.39 is 6.03 Å². The number of hydrogen-bond acceptors (Lipinski definition) is 3. The minimum Gasteiger partial charge on any atom is -0.350 e. The highest BCUT2D eigenvalue weighted by Crippen LogP contribution is 2.17. The van der Waals surface area contributed by atoms with E-state index in [2.05, 4.69) is 28.4 Å². The van der Waals surface area contributed by atoms with Crippen molar-refractivity contribution in [2.75, 3.05) is 14.1 Å². The van der Waals surface area contributed by atoms with Gasteiger partial charge in [0.15, 0.2) is 0 Å². The molecule has 1 aromatic rings. The Morgan fingerprint density at radius 1 is 1.53 bits per heavy atom. The normalized spacial score (nSPS) is 12.9. The molecule has 5 heteroatoms. The van der Waals surface area contributed by atoms with E-state index in [1.807, 2.05) is 32.3 Å². The van der Waals surface area contributed by atoms with Crippen LogP contribution in [0.1, 0.15) is 24.1 Å². The predicted octanol–water partition coefficient (Wildman–Crippen LogP) is 1.31. The lowest BCUT2D eigenvalue weighted by Gasteiger charge is -2.20. The van der Waals surface area contributed by atoms with E-state index in [1.54, 1.807) is 6.21 Å². The summed E-state index contributed by atoms with van der Waals surface area (Å²) in [6.45, 7) is 2.12. The van der Waals surface area contributed by atoms with Crippen LogP contribution in [-0.4, -0.2) is 31.2 Å². The van der Waals surface area contributed by atoms with Crippen molar-refractivity contribution >= 4 is 12.2 Å². The van der Waals surface area contributed by atoms with E-state index in [1.165, 1.54) is 5.56 Å². The van der Waals surface area contributed by atoms with Gasteiger partial charge >= 0.3 is 6.03 Å². The molecule has 0 fully saturated rings. The Morgan fingerprint density at radius 3 is 2.82 bits per heavy atom. The van der Waals surface area contributed by atoms with E-state index in [4.69, 9.17) is 5.73 Å². The lowest BCUT2D eigenvalue weighted by atomic mass is 10.1. The number of nitrogens with two attached hydrogens (primary N) is 1. The predicted molar refractivity (Wildman–Crippen MR) is 68.9 cm³/mol. The molecule has 1 aromatic carbocycles. The maximum Gasteiger partial charge on any atom is 0.332 e. The van der Waals surface area contributed by atoms with Gasteiger partial charge < -0.3 is 10.6 Å². The third-order valence-electron chi connectivity index (χ3n) is 2.56. The zero-order valence-electron chi connectivity index (χ0n) is 10.3. The quantitative estimate of drug-likeness (QED) is 0.609. The van der Waals surface area contributed by atoms with Gasteiger partial charge in [-0.05, 0) is 38.2 Å². The summed E-state index contributed by atoms with van der Waals surface area (Å²) in [5, 5.41) is 3.72. The summed E-state index contributed by atoms with van der Waals surface area (Å²) in [6, 6.07) is 7.62. The fourth-order valence-electron chi connectivity index (χ4n) is 1.37. The molecule has 0 radical (unpaired) electrons. The Kier molecular flexibility index (Phi) is 4.66. The summed E-state index contributed by atoms with van der Waals surface area (Å²) < 4.78 is 0. The van der Waals surface area contributed by atoms with Crippen molar-refractivity contribution in [3.63, 3.8) is 0 Å². The monoisotopic (exact) mass is 234 g/mol. The fourth-order valence-corrected chi connectivity index (χ4v) is 1.37. The van der Waals surface area contributed by atoms with Crippen LogP contribution in [0.15, 0.2) is 29.4 Å². The number of nitrogens with one attached hydrogen (secondary N) is 1. The number of amides is 2. The van der Waals surface area contributed by atoms with Crippen LogP contribution in [0.5, 0.6) is 0 Å². The molecule has 1 rings (SSSR count). The molecule has 17 heavy (non-hydrogen) atoms. The minimum atomic E-state index is -0.668. The summed E-state index contributed by atoms with van der Waals surface area (Å²) in [7, 11) is 4.06. The summed E-state index contributed by atoms with van der Waals surface area (Å²) in [6.07, 6.45) is 1.57. The second kappa shape index (κ2) is 6.00. The standard InChI is InChI=1S/C12H18N4O/c1-9(16(2)3)11-6-4-5-10(7-11)8-14-15-12(13)17/h4-9H,1-3H3,(H3,13,15,17). The number of rotatable bonds is 4. The third kappa shape index (κ3) is 4.24. The number of benzene rings is 1. The Labute approximate surface area is 101 Å². The maximum atomic E-state index is 10.4. The number of hydrazone groups is 1. The average Bonchev–Trinajstić information content (AvgIpc) is 2.28. The molecule has 0 saturated heterocycles. The van der Waals surface area contributed by atoms with Crippen LogP contribution in [0.3, 0.4) is 0 Å². The summed E-state index contributed by atoms with van der Waals surface area (Å²) in [4.78, 5) is 12.6. The van der Waals surface area contributed by atoms with E-state index >= 15 is 0 Å². The van der Waals surface area contributed by atoms with Crippen molar-refractivity contribution < 1.29 is 4.79 Å². The molecule has 0 bridgehead atoms. The first-order valence-corrected chi connectivity index (χ1v) is 5.35. The molecule has 0 aliphatic heterocycles. The van der Waals surface area contributed by atoms with Crippen LogP contribution < -0.4 is 11.2 Å². The molecule has 0 saturated carbocycles. The van der Waals surface area contributed by atoms with Crippen LogP contribution in [0.2, 0.25) is 0 Å². The summed E-state index contributed by atoms with van der Waals surface area (Å²) in [5.41, 5.74) is 9.18. The Balaban J connectivity index is 2.79. The van der Waals surface area contributed by atoms with Crippen molar-refractivity contribution in [3.05, 3.63) is 35.4 Å². The van der Waals surface area contributed by atoms with Gasteiger partial charge in [-0.2, -0.15) is 5.10 Å². The molecule has 0 aliphatic rings. The Hall–Kier alpha value is -1.88. The Morgan fingerprint density at radius 2 is 2.24 bits per heavy atom. The van der Waals surface area contributed by atoms with Gasteiger partial charge in [0.05, 0.1) is 6.21 Å². The molecule has 0 spiro atoms. The van der Waals surface area contributed by atoms with Gasteiger partial charge in [0, 0.05) is 6.04 Å². The van der Waals surface area contributed by atoms with Crippen molar-refractivity contribution in [3.8, 4) is 0 Å². The SMILES string of the molecule is CC(c1cccc(C=NNC(N)=O)c1)N(C)C. The topological polar surface area (TPSA) is 70.7 Å². The molecule has 5 nitrogen and oxygen atoms in total.